The number of hydrogen-bond acceptors (Lipinski definition) is 20. The maximum atomic E-state index is 12.6. The highest BCUT2D eigenvalue weighted by atomic mass is 16.5. The summed E-state index contributed by atoms with van der Waals surface area (Å²) in [6.07, 6.45) is 5.99. The van der Waals surface area contributed by atoms with Crippen molar-refractivity contribution in [1.82, 2.24) is 34.7 Å². The van der Waals surface area contributed by atoms with Gasteiger partial charge in [0.15, 0.2) is 12.8 Å². The van der Waals surface area contributed by atoms with E-state index in [1.165, 1.54) is 29.6 Å². The Hall–Kier alpha value is -6.07. The molecule has 1 amide bonds. The summed E-state index contributed by atoms with van der Waals surface area (Å²) in [7, 11) is 1.47. The summed E-state index contributed by atoms with van der Waals surface area (Å²) in [5.41, 5.74) is -2.39. The van der Waals surface area contributed by atoms with Gasteiger partial charge in [0.25, 0.3) is 6.47 Å². The average Bonchev–Trinajstić information content (AvgIpc) is 3.56. The molecule has 8 N–H and O–H groups in total. The van der Waals surface area contributed by atoms with Crippen molar-refractivity contribution in [2.75, 3.05) is 132 Å². The van der Waals surface area contributed by atoms with Gasteiger partial charge in [-0.15, -0.1) is 0 Å². The third-order valence-electron chi connectivity index (χ3n) is 11.9. The second-order valence-electron chi connectivity index (χ2n) is 17.5. The molecule has 0 aromatic rings. The lowest BCUT2D eigenvalue weighted by molar-refractivity contribution is -0.148. The van der Waals surface area contributed by atoms with Crippen molar-refractivity contribution in [3.63, 3.8) is 0 Å². The van der Waals surface area contributed by atoms with E-state index < -0.39 is 98.2 Å². The molecule has 2 atom stereocenters. The van der Waals surface area contributed by atoms with Crippen molar-refractivity contribution >= 4 is 67.0 Å². The molecule has 0 bridgehead atoms. The lowest BCUT2D eigenvalue weighted by Gasteiger charge is -2.45. The summed E-state index contributed by atoms with van der Waals surface area (Å²) in [4.78, 5) is 124. The molecule has 2 aliphatic rings. The smallest absolute Gasteiger partial charge is 0.317 e. The average molecular weight is 1020 g/mol. The maximum absolute atomic E-state index is 12.6. The number of carboxylic acids is 7. The fourth-order valence-corrected chi connectivity index (χ4v) is 8.93. The van der Waals surface area contributed by atoms with Crippen LogP contribution in [0, 0.1) is 0 Å². The first-order valence-electron chi connectivity index (χ1n) is 23.1. The van der Waals surface area contributed by atoms with E-state index in [0.717, 1.165) is 0 Å². The number of amides is 1. The molecule has 2 aliphatic heterocycles. The summed E-state index contributed by atoms with van der Waals surface area (Å²) >= 11 is 0. The molecule has 71 heavy (non-hydrogen) atoms. The molecule has 2 heterocycles. The zero-order valence-corrected chi connectivity index (χ0v) is 40.2. The predicted octanol–water partition coefficient (Wildman–Crippen LogP) is -2.26. The Labute approximate surface area is 410 Å². The third kappa shape index (κ3) is 24.6. The molecule has 1 unspecified atom stereocenters. The fourth-order valence-electron chi connectivity index (χ4n) is 8.93. The Morgan fingerprint density at radius 1 is 0.563 bits per heavy atom. The van der Waals surface area contributed by atoms with E-state index in [2.05, 4.69) is 15.3 Å². The van der Waals surface area contributed by atoms with E-state index in [4.69, 9.17) is 14.2 Å². The van der Waals surface area contributed by atoms with Gasteiger partial charge in [-0.25, -0.2) is 4.99 Å². The Morgan fingerprint density at radius 3 is 1.37 bits per heavy atom. The SMILES string of the molecule is CNC(=O)[C@H](CCCCN=COCCCCC1(N(CC(=O)O)CC(=O)O)CN(CC(=O)O)CCN(CC(=O)O)C1)N=COCCCCC1(N(CC(=O)O)CC(=O)O)CN(COC=O)CCN(CC(=O)O)C1. The molecule has 402 valence electrons. The number of carbonyl (C=O) groups is 9. The standard InChI is InChI=1S/C43H71N9O19/c1-44-41(68)33(46-30-70-17-7-4-10-43(52(23-39(64)65)24-40(66)67)27-49(20-36(58)59)14-15-50(28-43)31-71-32-53)8-2-5-11-45-29-69-16-6-3-9-42(51(21-37(60)61)22-38(62)63)25-47(18-34(54)55)12-13-48(26-42)19-35(56)57/h29-30,32-33H,2-28,31H2,1H3,(H,44,68)(H,54,55)(H,56,57)(H,58,59)(H,60,61)(H,62,63)(H,64,65)(H,66,67)/t33-,43?/m0/s1. The van der Waals surface area contributed by atoms with Gasteiger partial charge in [-0.2, -0.15) is 0 Å². The van der Waals surface area contributed by atoms with Crippen molar-refractivity contribution in [3.05, 3.63) is 0 Å². The second kappa shape index (κ2) is 32.7. The van der Waals surface area contributed by atoms with Crippen LogP contribution in [0.4, 0.5) is 0 Å². The lowest BCUT2D eigenvalue weighted by atomic mass is 9.88. The zero-order chi connectivity index (χ0) is 52.8. The van der Waals surface area contributed by atoms with Crippen molar-refractivity contribution in [3.8, 4) is 0 Å². The molecule has 2 rings (SSSR count). The number of nitrogens with zero attached hydrogens (tertiary/aromatic N) is 8. The number of likely N-dealkylation sites (N-methyl/N-ethyl adjacent to an activating group) is 1. The van der Waals surface area contributed by atoms with Gasteiger partial charge in [-0.05, 0) is 57.8 Å². The maximum Gasteiger partial charge on any atom is 0.317 e. The van der Waals surface area contributed by atoms with Crippen molar-refractivity contribution in [2.24, 2.45) is 9.98 Å². The predicted molar refractivity (Wildman–Crippen MR) is 248 cm³/mol. The van der Waals surface area contributed by atoms with Gasteiger partial charge >= 0.3 is 41.8 Å². The number of rotatable bonds is 38. The topological polar surface area (TPSA) is 379 Å². The van der Waals surface area contributed by atoms with Crippen molar-refractivity contribution < 1.29 is 93.1 Å². The lowest BCUT2D eigenvalue weighted by Crippen LogP contribution is -2.62. The molecule has 0 aromatic carbocycles. The number of carbonyl (C=O) groups excluding carboxylic acids is 2. The molecule has 0 radical (unpaired) electrons. The van der Waals surface area contributed by atoms with Crippen molar-refractivity contribution in [2.45, 2.75) is 74.9 Å². The molecular weight excluding hydrogens is 947 g/mol. The fraction of sp³-hybridized carbons (Fsp3) is 0.744. The minimum absolute atomic E-state index is 0.00393. The number of nitrogens with one attached hydrogen (secondary N) is 1. The van der Waals surface area contributed by atoms with Crippen LogP contribution in [0.1, 0.15) is 57.8 Å². The van der Waals surface area contributed by atoms with Gasteiger partial charge in [0, 0.05) is 77.0 Å². The Bertz CT molecular complexity index is 1750. The Morgan fingerprint density at radius 2 is 0.972 bits per heavy atom. The van der Waals surface area contributed by atoms with Crippen molar-refractivity contribution in [1.29, 1.82) is 0 Å². The number of aliphatic imine (C=N–C) groups is 2. The summed E-state index contributed by atoms with van der Waals surface area (Å²) in [5.74, 6) is -8.90. The highest BCUT2D eigenvalue weighted by Crippen LogP contribution is 2.30. The summed E-state index contributed by atoms with van der Waals surface area (Å²) < 4.78 is 16.1. The van der Waals surface area contributed by atoms with Crippen LogP contribution >= 0.6 is 0 Å². The van der Waals surface area contributed by atoms with Crippen LogP contribution in [0.5, 0.6) is 0 Å². The number of ether oxygens (including phenoxy) is 3. The van der Waals surface area contributed by atoms with Gasteiger partial charge in [-0.1, -0.05) is 0 Å². The molecule has 0 saturated carbocycles. The van der Waals surface area contributed by atoms with E-state index >= 15 is 0 Å². The van der Waals surface area contributed by atoms with E-state index in [0.29, 0.717) is 51.5 Å². The molecule has 2 fully saturated rings. The van der Waals surface area contributed by atoms with Crippen LogP contribution in [-0.4, -0.2) is 281 Å². The largest absolute Gasteiger partial charge is 0.483 e. The highest BCUT2D eigenvalue weighted by Gasteiger charge is 2.45. The molecule has 28 nitrogen and oxygen atoms in total. The number of aliphatic carboxylic acids is 7. The summed E-state index contributed by atoms with van der Waals surface area (Å²) in [5, 5.41) is 70.0. The first kappa shape index (κ1) is 61.1. The van der Waals surface area contributed by atoms with Gasteiger partial charge in [0.1, 0.15) is 12.8 Å². The quantitative estimate of drug-likeness (QED) is 0.0140. The van der Waals surface area contributed by atoms with E-state index in [1.54, 1.807) is 19.6 Å². The number of unbranched alkanes of at least 4 members (excludes halogenated alkanes) is 3. The molecule has 0 aromatic heterocycles. The van der Waals surface area contributed by atoms with E-state index in [1.807, 2.05) is 0 Å². The minimum atomic E-state index is -1.30. The van der Waals surface area contributed by atoms with Crippen LogP contribution in [0.15, 0.2) is 9.98 Å². The molecule has 28 heteroatoms. The third-order valence-corrected chi connectivity index (χ3v) is 11.9. The van der Waals surface area contributed by atoms with E-state index in [-0.39, 0.29) is 104 Å². The molecule has 2 saturated heterocycles. The van der Waals surface area contributed by atoms with Crippen LogP contribution in [0.3, 0.4) is 0 Å². The second-order valence-corrected chi connectivity index (χ2v) is 17.5. The van der Waals surface area contributed by atoms with Crippen LogP contribution in [0.25, 0.3) is 0 Å². The first-order valence-corrected chi connectivity index (χ1v) is 23.1. The summed E-state index contributed by atoms with van der Waals surface area (Å²) in [6.45, 7) is -2.06. The minimum Gasteiger partial charge on any atom is -0.483 e. The highest BCUT2D eigenvalue weighted by molar-refractivity contribution is 5.82. The van der Waals surface area contributed by atoms with Crippen LogP contribution < -0.4 is 5.32 Å². The van der Waals surface area contributed by atoms with Crippen LogP contribution in [-0.2, 0) is 57.4 Å². The monoisotopic (exact) mass is 1020 g/mol. The normalized spacial score (nSPS) is 18.7. The van der Waals surface area contributed by atoms with E-state index in [9.17, 15) is 78.9 Å². The first-order chi connectivity index (χ1) is 33.7. The van der Waals surface area contributed by atoms with Crippen LogP contribution in [0.2, 0.25) is 0 Å². The molecule has 0 aliphatic carbocycles. The molecular formula is C43H71N9O19. The number of hydrogen-bond donors (Lipinski definition) is 8. The number of carboxylic acid groups (broad SMARTS) is 7. The van der Waals surface area contributed by atoms with Gasteiger partial charge in [0.2, 0.25) is 5.91 Å². The summed E-state index contributed by atoms with van der Waals surface area (Å²) in [6, 6.07) is -0.777. The van der Waals surface area contributed by atoms with Gasteiger partial charge in [0.05, 0.1) is 59.0 Å². The Balaban J connectivity index is 1.95. The van der Waals surface area contributed by atoms with Gasteiger partial charge < -0.3 is 55.3 Å². The molecule has 0 spiro atoms. The zero-order valence-electron chi connectivity index (χ0n) is 40.2. The van der Waals surface area contributed by atoms with Gasteiger partial charge in [-0.3, -0.25) is 77.5 Å². The Kier molecular flexibility index (Phi) is 28.2.